The van der Waals surface area contributed by atoms with Crippen LogP contribution < -0.4 is 5.32 Å². The first-order valence-corrected chi connectivity index (χ1v) is 21.0. The Morgan fingerprint density at radius 2 is 1.62 bits per heavy atom. The summed E-state index contributed by atoms with van der Waals surface area (Å²) in [5, 5.41) is 2.67. The first kappa shape index (κ1) is 41.8. The third-order valence-electron chi connectivity index (χ3n) is 10.4. The van der Waals surface area contributed by atoms with Crippen LogP contribution in [0.4, 0.5) is 0 Å². The summed E-state index contributed by atoms with van der Waals surface area (Å²) in [6.45, 7) is 7.87. The number of rotatable bonds is 19. The number of Topliss-reactive ketones (excluding diaryl/α,β-unsaturated/α-hetero) is 4. The number of ketones is 4. The molecule has 2 saturated heterocycles. The molecule has 3 aliphatic rings. The molecule has 0 bridgehead atoms. The lowest BCUT2D eigenvalue weighted by molar-refractivity contribution is -0.152. The van der Waals surface area contributed by atoms with Crippen LogP contribution in [-0.2, 0) is 38.3 Å². The highest BCUT2D eigenvalue weighted by atomic mass is 32.2. The highest BCUT2D eigenvalue weighted by Gasteiger charge is 2.53. The van der Waals surface area contributed by atoms with Gasteiger partial charge in [0.15, 0.2) is 17.3 Å². The number of ether oxygens (including phenoxy) is 1. The molecular formula is C40H56N2O8S2. The second-order valence-electron chi connectivity index (χ2n) is 15.0. The van der Waals surface area contributed by atoms with Crippen LogP contribution in [0.15, 0.2) is 30.3 Å². The molecule has 52 heavy (non-hydrogen) atoms. The van der Waals surface area contributed by atoms with Crippen molar-refractivity contribution in [3.8, 4) is 0 Å². The molecule has 1 aromatic carbocycles. The molecule has 12 heteroatoms. The maximum atomic E-state index is 14.6. The lowest BCUT2D eigenvalue weighted by atomic mass is 9.77. The number of esters is 1. The van der Waals surface area contributed by atoms with E-state index < -0.39 is 47.4 Å². The normalized spacial score (nSPS) is 20.3. The SMILES string of the molecule is CCCC(CC(=O)[C@@H]1CC2(CN1C(=O)[C@@H](CC(=O)OCC(C)C)C1CCCCC1)SCCS2)C(=O)C(=O)CCC(=O)NC(C(C)=O)c1ccccc1. The third kappa shape index (κ3) is 11.5. The molecule has 3 fully saturated rings. The minimum Gasteiger partial charge on any atom is -0.465 e. The van der Waals surface area contributed by atoms with Crippen LogP contribution in [0.2, 0.25) is 0 Å². The summed E-state index contributed by atoms with van der Waals surface area (Å²) in [5.41, 5.74) is 0.624. The van der Waals surface area contributed by atoms with Gasteiger partial charge in [-0.2, -0.15) is 0 Å². The van der Waals surface area contributed by atoms with Crippen LogP contribution in [0, 0.1) is 23.7 Å². The van der Waals surface area contributed by atoms with Gasteiger partial charge in [0.1, 0.15) is 6.04 Å². The maximum absolute atomic E-state index is 14.6. The fourth-order valence-corrected chi connectivity index (χ4v) is 11.0. The second kappa shape index (κ2) is 19.9. The molecule has 2 heterocycles. The number of nitrogens with one attached hydrogen (secondary N) is 1. The highest BCUT2D eigenvalue weighted by molar-refractivity contribution is 8.21. The lowest BCUT2D eigenvalue weighted by Crippen LogP contribution is -2.47. The van der Waals surface area contributed by atoms with E-state index in [1.54, 1.807) is 58.8 Å². The Morgan fingerprint density at radius 1 is 0.942 bits per heavy atom. The van der Waals surface area contributed by atoms with Gasteiger partial charge in [-0.3, -0.25) is 33.6 Å². The summed E-state index contributed by atoms with van der Waals surface area (Å²) >= 11 is 3.53. The molecule has 1 saturated carbocycles. The van der Waals surface area contributed by atoms with Crippen molar-refractivity contribution in [2.75, 3.05) is 24.7 Å². The van der Waals surface area contributed by atoms with E-state index >= 15 is 0 Å². The highest BCUT2D eigenvalue weighted by Crippen LogP contribution is 2.52. The van der Waals surface area contributed by atoms with E-state index in [1.807, 2.05) is 20.8 Å². The molecule has 1 aromatic rings. The minimum absolute atomic E-state index is 0.0154. The van der Waals surface area contributed by atoms with Gasteiger partial charge in [0.2, 0.25) is 17.6 Å². The molecule has 4 atom stereocenters. The number of amides is 2. The molecule has 10 nitrogen and oxygen atoms in total. The quantitative estimate of drug-likeness (QED) is 0.126. The van der Waals surface area contributed by atoms with Crippen molar-refractivity contribution in [3.05, 3.63) is 35.9 Å². The van der Waals surface area contributed by atoms with Crippen LogP contribution >= 0.6 is 23.5 Å². The average Bonchev–Trinajstić information content (AvgIpc) is 3.77. The van der Waals surface area contributed by atoms with Crippen molar-refractivity contribution < 1.29 is 38.3 Å². The molecule has 4 rings (SSSR count). The standard InChI is InChI=1S/C40H56N2O8S2/c1-5-12-30(38(48)33(44)17-18-35(46)41-37(27(4)43)29-15-10-7-11-16-29)21-34(45)32-23-40(51-19-20-52-40)25-42(32)39(49)31(28-13-8-6-9-14-28)22-36(47)50-24-26(2)3/h7,10-11,15-16,26,28,30-32,37H,5-6,8-9,12-14,17-25H2,1-4H3,(H,41,46)/t30?,31-,32-,37?/m0/s1. The van der Waals surface area contributed by atoms with Gasteiger partial charge in [0, 0.05) is 49.7 Å². The summed E-state index contributed by atoms with van der Waals surface area (Å²) in [6, 6.07) is 7.19. The molecular weight excluding hydrogens is 701 g/mol. The van der Waals surface area contributed by atoms with Gasteiger partial charge in [-0.1, -0.05) is 76.8 Å². The van der Waals surface area contributed by atoms with Gasteiger partial charge in [-0.25, -0.2) is 0 Å². The van der Waals surface area contributed by atoms with Gasteiger partial charge >= 0.3 is 5.97 Å². The number of nitrogens with zero attached hydrogens (tertiary/aromatic N) is 1. The largest absolute Gasteiger partial charge is 0.465 e. The zero-order chi connectivity index (χ0) is 37.8. The zero-order valence-corrected chi connectivity index (χ0v) is 32.8. The first-order valence-electron chi connectivity index (χ1n) is 19.0. The minimum atomic E-state index is -0.861. The van der Waals surface area contributed by atoms with Gasteiger partial charge in [-0.15, -0.1) is 23.5 Å². The van der Waals surface area contributed by atoms with Crippen molar-refractivity contribution in [1.82, 2.24) is 10.2 Å². The Kier molecular flexibility index (Phi) is 16.0. The predicted octanol–water partition coefficient (Wildman–Crippen LogP) is 6.29. The van der Waals surface area contributed by atoms with Crippen LogP contribution in [0.3, 0.4) is 0 Å². The summed E-state index contributed by atoms with van der Waals surface area (Å²) in [4.78, 5) is 95.2. The van der Waals surface area contributed by atoms with Crippen LogP contribution in [0.5, 0.6) is 0 Å². The van der Waals surface area contributed by atoms with E-state index in [1.165, 1.54) is 6.92 Å². The Bertz CT molecular complexity index is 1440. The van der Waals surface area contributed by atoms with Crippen LogP contribution in [0.1, 0.15) is 116 Å². The van der Waals surface area contributed by atoms with E-state index in [-0.39, 0.29) is 65.7 Å². The smallest absolute Gasteiger partial charge is 0.306 e. The van der Waals surface area contributed by atoms with Crippen molar-refractivity contribution in [2.45, 2.75) is 121 Å². The second-order valence-corrected chi connectivity index (χ2v) is 18.3. The summed E-state index contributed by atoms with van der Waals surface area (Å²) in [6.07, 6.45) is 5.35. The number of carbonyl (C=O) groups excluding carboxylic acids is 7. The van der Waals surface area contributed by atoms with Crippen LogP contribution in [0.25, 0.3) is 0 Å². The van der Waals surface area contributed by atoms with Crippen molar-refractivity contribution in [1.29, 1.82) is 0 Å². The number of carbonyl (C=O) groups is 7. The number of hydrogen-bond donors (Lipinski definition) is 1. The zero-order valence-electron chi connectivity index (χ0n) is 31.2. The molecule has 2 amide bonds. The van der Waals surface area contributed by atoms with E-state index in [4.69, 9.17) is 4.74 Å². The Balaban J connectivity index is 1.45. The number of likely N-dealkylation sites (tertiary alicyclic amines) is 1. The Hall–Kier alpha value is -2.99. The lowest BCUT2D eigenvalue weighted by Gasteiger charge is -2.34. The molecule has 2 aliphatic heterocycles. The maximum Gasteiger partial charge on any atom is 0.306 e. The fourth-order valence-electron chi connectivity index (χ4n) is 7.70. The summed E-state index contributed by atoms with van der Waals surface area (Å²) in [7, 11) is 0. The van der Waals surface area contributed by atoms with Crippen molar-refractivity contribution in [2.24, 2.45) is 23.7 Å². The topological polar surface area (TPSA) is 144 Å². The Morgan fingerprint density at radius 3 is 2.23 bits per heavy atom. The number of hydrogen-bond acceptors (Lipinski definition) is 10. The first-order chi connectivity index (χ1) is 24.8. The van der Waals surface area contributed by atoms with E-state index in [0.29, 0.717) is 31.4 Å². The molecule has 0 radical (unpaired) electrons. The number of thioether (sulfide) groups is 2. The molecule has 2 unspecified atom stereocenters. The van der Waals surface area contributed by atoms with Gasteiger partial charge in [0.05, 0.1) is 29.1 Å². The molecule has 0 aromatic heterocycles. The van der Waals surface area contributed by atoms with Crippen molar-refractivity contribution >= 4 is 64.4 Å². The van der Waals surface area contributed by atoms with Crippen LogP contribution in [-0.4, -0.2) is 80.6 Å². The fraction of sp³-hybridized carbons (Fsp3) is 0.675. The summed E-state index contributed by atoms with van der Waals surface area (Å²) < 4.78 is 5.20. The van der Waals surface area contributed by atoms with Gasteiger partial charge in [0.25, 0.3) is 0 Å². The van der Waals surface area contributed by atoms with Gasteiger partial charge in [-0.05, 0) is 43.6 Å². The molecule has 1 aliphatic carbocycles. The van der Waals surface area contributed by atoms with E-state index in [2.05, 4.69) is 5.32 Å². The molecule has 286 valence electrons. The summed E-state index contributed by atoms with van der Waals surface area (Å²) in [5.74, 6) is -2.41. The Labute approximate surface area is 317 Å². The molecule has 1 spiro atoms. The average molecular weight is 757 g/mol. The predicted molar refractivity (Wildman–Crippen MR) is 204 cm³/mol. The third-order valence-corrected chi connectivity index (χ3v) is 13.8. The van der Waals surface area contributed by atoms with E-state index in [9.17, 15) is 33.6 Å². The van der Waals surface area contributed by atoms with Gasteiger partial charge < -0.3 is 15.0 Å². The molecule has 1 N–H and O–H groups in total. The number of benzene rings is 1. The van der Waals surface area contributed by atoms with E-state index in [0.717, 1.165) is 43.6 Å². The van der Waals surface area contributed by atoms with Crippen molar-refractivity contribution in [3.63, 3.8) is 0 Å². The monoisotopic (exact) mass is 756 g/mol.